The molecule has 8 nitrogen and oxygen atoms in total. The maximum absolute atomic E-state index is 12.8. The van der Waals surface area contributed by atoms with E-state index < -0.39 is 0 Å². The van der Waals surface area contributed by atoms with Gasteiger partial charge in [0.1, 0.15) is 6.33 Å². The Morgan fingerprint density at radius 2 is 2.24 bits per heavy atom. The van der Waals surface area contributed by atoms with Crippen molar-refractivity contribution in [2.75, 3.05) is 6.54 Å². The molecule has 1 atom stereocenters. The van der Waals surface area contributed by atoms with Gasteiger partial charge in [-0.1, -0.05) is 0 Å². The van der Waals surface area contributed by atoms with Crippen LogP contribution in [-0.2, 0) is 6.54 Å². The van der Waals surface area contributed by atoms with E-state index in [9.17, 15) is 4.79 Å². The Kier molecular flexibility index (Phi) is 4.01. The average molecular weight is 337 g/mol. The monoisotopic (exact) mass is 337 g/mol. The van der Waals surface area contributed by atoms with Gasteiger partial charge in [0.05, 0.1) is 18.8 Å². The smallest absolute Gasteiger partial charge is 0.274 e. The molecule has 0 unspecified atom stereocenters. The third-order valence-electron chi connectivity index (χ3n) is 4.44. The first-order valence-corrected chi connectivity index (χ1v) is 8.33. The van der Waals surface area contributed by atoms with Crippen molar-refractivity contribution in [3.05, 3.63) is 54.5 Å². The Hall–Kier alpha value is -3.03. The van der Waals surface area contributed by atoms with Gasteiger partial charge < -0.3 is 4.90 Å². The Morgan fingerprint density at radius 1 is 1.32 bits per heavy atom. The van der Waals surface area contributed by atoms with Crippen LogP contribution in [0, 0.1) is 6.92 Å². The lowest BCUT2D eigenvalue weighted by Crippen LogP contribution is -2.38. The first kappa shape index (κ1) is 15.5. The zero-order valence-corrected chi connectivity index (χ0v) is 14.0. The number of imidazole rings is 1. The van der Waals surface area contributed by atoms with Crippen molar-refractivity contribution >= 4 is 5.91 Å². The van der Waals surface area contributed by atoms with Crippen LogP contribution in [-0.4, -0.2) is 52.9 Å². The van der Waals surface area contributed by atoms with E-state index in [2.05, 4.69) is 20.3 Å². The third-order valence-corrected chi connectivity index (χ3v) is 4.44. The molecule has 25 heavy (non-hydrogen) atoms. The fourth-order valence-electron chi connectivity index (χ4n) is 3.19. The Labute approximate surface area is 145 Å². The van der Waals surface area contributed by atoms with E-state index in [0.717, 1.165) is 24.9 Å². The summed E-state index contributed by atoms with van der Waals surface area (Å²) in [5.41, 5.74) is 1.49. The Bertz CT molecular complexity index is 854. The van der Waals surface area contributed by atoms with E-state index >= 15 is 0 Å². The van der Waals surface area contributed by atoms with E-state index in [-0.39, 0.29) is 11.9 Å². The van der Waals surface area contributed by atoms with E-state index in [4.69, 9.17) is 0 Å². The van der Waals surface area contributed by atoms with Crippen molar-refractivity contribution in [1.29, 1.82) is 0 Å². The molecular formula is C17H19N7O. The molecule has 1 aliphatic heterocycles. The summed E-state index contributed by atoms with van der Waals surface area (Å²) in [6.07, 6.45) is 10.9. The van der Waals surface area contributed by atoms with Gasteiger partial charge in [-0.05, 0) is 37.5 Å². The van der Waals surface area contributed by atoms with Gasteiger partial charge in [-0.25, -0.2) is 4.98 Å². The van der Waals surface area contributed by atoms with Crippen molar-refractivity contribution in [2.24, 2.45) is 0 Å². The third kappa shape index (κ3) is 3.15. The summed E-state index contributed by atoms with van der Waals surface area (Å²) < 4.78 is 3.65. The van der Waals surface area contributed by atoms with Gasteiger partial charge in [0.15, 0.2) is 11.5 Å². The van der Waals surface area contributed by atoms with Crippen molar-refractivity contribution in [3.63, 3.8) is 0 Å². The molecule has 3 aromatic heterocycles. The standard InChI is InChI=1S/C17H19N7O/c1-13-9-19-23(10-13)11-14-3-2-7-24(14)17(25)15-4-5-16(21-20-15)22-8-6-18-12-22/h4-6,8-10,12,14H,2-3,7,11H2,1H3/t14-/m1/s1. The fraction of sp³-hybridized carbons (Fsp3) is 0.353. The SMILES string of the molecule is Cc1cnn(C[C@H]2CCCN2C(=O)c2ccc(-n3ccnc3)nn2)c1. The molecule has 1 saturated heterocycles. The van der Waals surface area contributed by atoms with Crippen molar-refractivity contribution in [2.45, 2.75) is 32.4 Å². The maximum atomic E-state index is 12.8. The second-order valence-corrected chi connectivity index (χ2v) is 6.28. The van der Waals surface area contributed by atoms with Gasteiger partial charge in [-0.3, -0.25) is 14.0 Å². The van der Waals surface area contributed by atoms with Crippen LogP contribution in [0.15, 0.2) is 43.2 Å². The number of carbonyl (C=O) groups is 1. The van der Waals surface area contributed by atoms with E-state index in [1.807, 2.05) is 28.9 Å². The number of hydrogen-bond donors (Lipinski definition) is 0. The molecule has 0 aromatic carbocycles. The van der Waals surface area contributed by atoms with E-state index in [1.54, 1.807) is 35.4 Å². The topological polar surface area (TPSA) is 81.7 Å². The molecule has 4 rings (SSSR count). The zero-order chi connectivity index (χ0) is 17.2. The van der Waals surface area contributed by atoms with Gasteiger partial charge >= 0.3 is 0 Å². The van der Waals surface area contributed by atoms with Gasteiger partial charge in [0.25, 0.3) is 5.91 Å². The molecule has 0 saturated carbocycles. The highest BCUT2D eigenvalue weighted by molar-refractivity contribution is 5.92. The number of likely N-dealkylation sites (tertiary alicyclic amines) is 1. The van der Waals surface area contributed by atoms with Crippen molar-refractivity contribution < 1.29 is 4.79 Å². The number of hydrogen-bond acceptors (Lipinski definition) is 5. The van der Waals surface area contributed by atoms with Gasteiger partial charge in [-0.15, -0.1) is 10.2 Å². The molecule has 0 spiro atoms. The van der Waals surface area contributed by atoms with Crippen LogP contribution in [0.1, 0.15) is 28.9 Å². The van der Waals surface area contributed by atoms with Gasteiger partial charge in [-0.2, -0.15) is 5.10 Å². The highest BCUT2D eigenvalue weighted by Crippen LogP contribution is 2.21. The Morgan fingerprint density at radius 3 is 2.92 bits per heavy atom. The second-order valence-electron chi connectivity index (χ2n) is 6.28. The van der Waals surface area contributed by atoms with Crippen LogP contribution in [0.3, 0.4) is 0 Å². The summed E-state index contributed by atoms with van der Waals surface area (Å²) >= 11 is 0. The molecule has 128 valence electrons. The molecule has 1 aliphatic rings. The van der Waals surface area contributed by atoms with Gasteiger partial charge in [0, 0.05) is 25.1 Å². The van der Waals surface area contributed by atoms with E-state index in [1.165, 1.54) is 0 Å². The summed E-state index contributed by atoms with van der Waals surface area (Å²) in [5, 5.41) is 12.6. The first-order valence-electron chi connectivity index (χ1n) is 8.33. The predicted molar refractivity (Wildman–Crippen MR) is 90.2 cm³/mol. The van der Waals surface area contributed by atoms with Crippen molar-refractivity contribution in [1.82, 2.24) is 34.4 Å². The molecule has 3 aromatic rings. The number of nitrogens with zero attached hydrogens (tertiary/aromatic N) is 7. The van der Waals surface area contributed by atoms with Crippen LogP contribution in [0.5, 0.6) is 0 Å². The normalized spacial score (nSPS) is 17.2. The van der Waals surface area contributed by atoms with Crippen molar-refractivity contribution in [3.8, 4) is 5.82 Å². The molecule has 0 bridgehead atoms. The predicted octanol–water partition coefficient (Wildman–Crippen LogP) is 1.47. The molecule has 4 heterocycles. The average Bonchev–Trinajstić information content (AvgIpc) is 3.37. The summed E-state index contributed by atoms with van der Waals surface area (Å²) in [4.78, 5) is 18.7. The lowest BCUT2D eigenvalue weighted by molar-refractivity contribution is 0.0714. The van der Waals surface area contributed by atoms with Crippen LogP contribution in [0.25, 0.3) is 5.82 Å². The van der Waals surface area contributed by atoms with Crippen LogP contribution in [0.2, 0.25) is 0 Å². The lowest BCUT2D eigenvalue weighted by atomic mass is 10.2. The number of rotatable bonds is 4. The summed E-state index contributed by atoms with van der Waals surface area (Å²) in [6.45, 7) is 3.47. The second kappa shape index (κ2) is 6.46. The van der Waals surface area contributed by atoms with Gasteiger partial charge in [0.2, 0.25) is 0 Å². The minimum atomic E-state index is -0.0731. The Balaban J connectivity index is 1.49. The molecular weight excluding hydrogens is 318 g/mol. The highest BCUT2D eigenvalue weighted by atomic mass is 16.2. The number of carbonyl (C=O) groups excluding carboxylic acids is 1. The summed E-state index contributed by atoms with van der Waals surface area (Å²) in [6, 6.07) is 3.64. The van der Waals surface area contributed by atoms with Crippen LogP contribution < -0.4 is 0 Å². The molecule has 0 radical (unpaired) electrons. The van der Waals surface area contributed by atoms with Crippen LogP contribution >= 0.6 is 0 Å². The maximum Gasteiger partial charge on any atom is 0.274 e. The van der Waals surface area contributed by atoms with Crippen LogP contribution in [0.4, 0.5) is 0 Å². The number of amides is 1. The molecule has 0 aliphatic carbocycles. The lowest BCUT2D eigenvalue weighted by Gasteiger charge is -2.24. The molecule has 1 fully saturated rings. The number of aryl methyl sites for hydroxylation is 1. The minimum Gasteiger partial charge on any atom is -0.332 e. The fourth-order valence-corrected chi connectivity index (χ4v) is 3.19. The van der Waals surface area contributed by atoms with E-state index in [0.29, 0.717) is 18.1 Å². The molecule has 8 heteroatoms. The number of aromatic nitrogens is 6. The largest absolute Gasteiger partial charge is 0.332 e. The minimum absolute atomic E-state index is 0.0731. The summed E-state index contributed by atoms with van der Waals surface area (Å²) in [7, 11) is 0. The zero-order valence-electron chi connectivity index (χ0n) is 14.0. The quantitative estimate of drug-likeness (QED) is 0.720. The first-order chi connectivity index (χ1) is 12.2. The molecule has 0 N–H and O–H groups in total. The summed E-state index contributed by atoms with van der Waals surface area (Å²) in [5.74, 6) is 0.565. The highest BCUT2D eigenvalue weighted by Gasteiger charge is 2.30. The molecule has 1 amide bonds.